The van der Waals surface area contributed by atoms with Crippen LogP contribution >= 0.6 is 15.9 Å². The molecule has 21 heavy (non-hydrogen) atoms. The Bertz CT molecular complexity index is 488. The van der Waals surface area contributed by atoms with Crippen molar-refractivity contribution in [2.45, 2.75) is 64.0 Å². The Hall–Kier alpha value is -0.540. The molecular formula is C18H27BrN2. The van der Waals surface area contributed by atoms with Crippen LogP contribution in [0.3, 0.4) is 0 Å². The number of nitrogens with zero attached hydrogens (tertiary/aromatic N) is 1. The molecule has 1 aromatic rings. The molecule has 3 unspecified atom stereocenters. The Labute approximate surface area is 137 Å². The van der Waals surface area contributed by atoms with Crippen molar-refractivity contribution >= 4 is 21.6 Å². The van der Waals surface area contributed by atoms with Crippen molar-refractivity contribution in [2.75, 3.05) is 11.4 Å². The molecule has 3 rings (SSSR count). The maximum Gasteiger partial charge on any atom is 0.0513 e. The van der Waals surface area contributed by atoms with E-state index in [1.165, 1.54) is 54.4 Å². The normalized spacial score (nSPS) is 26.7. The summed E-state index contributed by atoms with van der Waals surface area (Å²) >= 11 is 3.81. The van der Waals surface area contributed by atoms with Crippen molar-refractivity contribution in [1.29, 1.82) is 0 Å². The van der Waals surface area contributed by atoms with Crippen LogP contribution < -0.4 is 10.6 Å². The van der Waals surface area contributed by atoms with Crippen molar-refractivity contribution in [3.63, 3.8) is 0 Å². The van der Waals surface area contributed by atoms with Gasteiger partial charge in [0, 0.05) is 23.1 Å². The minimum atomic E-state index is 0.275. The summed E-state index contributed by atoms with van der Waals surface area (Å²) in [5.74, 6) is 0.929. The van der Waals surface area contributed by atoms with Crippen molar-refractivity contribution in [1.82, 2.24) is 0 Å². The van der Waals surface area contributed by atoms with Crippen LogP contribution in [0, 0.1) is 5.92 Å². The molecule has 1 aromatic carbocycles. The Morgan fingerprint density at radius 3 is 2.86 bits per heavy atom. The highest BCUT2D eigenvalue weighted by Gasteiger charge is 2.35. The van der Waals surface area contributed by atoms with E-state index in [4.69, 9.17) is 5.73 Å². The molecule has 2 aliphatic rings. The Morgan fingerprint density at radius 2 is 2.10 bits per heavy atom. The van der Waals surface area contributed by atoms with E-state index in [0.717, 1.165) is 24.8 Å². The van der Waals surface area contributed by atoms with Crippen LogP contribution in [-0.2, 0) is 6.42 Å². The predicted octanol–water partition coefficient (Wildman–Crippen LogP) is 4.50. The van der Waals surface area contributed by atoms with E-state index >= 15 is 0 Å². The van der Waals surface area contributed by atoms with Gasteiger partial charge in [0.25, 0.3) is 0 Å². The average Bonchev–Trinajstić information content (AvgIpc) is 2.96. The Morgan fingerprint density at radius 1 is 1.29 bits per heavy atom. The van der Waals surface area contributed by atoms with Gasteiger partial charge in [-0.3, -0.25) is 0 Å². The SMILES string of the molecule is CCC(N)Cc1ccc(N2CCCC3CCCC32)c(Br)c1. The predicted molar refractivity (Wildman–Crippen MR) is 93.8 cm³/mol. The van der Waals surface area contributed by atoms with E-state index < -0.39 is 0 Å². The molecule has 0 amide bonds. The molecule has 1 heterocycles. The third kappa shape index (κ3) is 3.29. The zero-order valence-electron chi connectivity index (χ0n) is 13.0. The second kappa shape index (κ2) is 6.70. The smallest absolute Gasteiger partial charge is 0.0513 e. The maximum absolute atomic E-state index is 6.08. The molecule has 2 N–H and O–H groups in total. The summed E-state index contributed by atoms with van der Waals surface area (Å²) in [6.45, 7) is 3.37. The number of benzene rings is 1. The minimum absolute atomic E-state index is 0.275. The molecule has 0 bridgehead atoms. The topological polar surface area (TPSA) is 29.3 Å². The number of fused-ring (bicyclic) bond motifs is 1. The van der Waals surface area contributed by atoms with Crippen LogP contribution in [0.5, 0.6) is 0 Å². The number of hydrogen-bond donors (Lipinski definition) is 1. The third-order valence-corrected chi connectivity index (χ3v) is 5.97. The number of halogens is 1. The molecule has 2 nitrogen and oxygen atoms in total. The van der Waals surface area contributed by atoms with Crippen molar-refractivity contribution in [2.24, 2.45) is 11.7 Å². The zero-order valence-corrected chi connectivity index (χ0v) is 14.6. The van der Waals surface area contributed by atoms with Crippen molar-refractivity contribution < 1.29 is 0 Å². The molecule has 2 fully saturated rings. The van der Waals surface area contributed by atoms with Crippen LogP contribution in [-0.4, -0.2) is 18.6 Å². The number of piperidine rings is 1. The number of nitrogens with two attached hydrogens (primary N) is 1. The van der Waals surface area contributed by atoms with Gasteiger partial charge in [-0.15, -0.1) is 0 Å². The number of hydrogen-bond acceptors (Lipinski definition) is 2. The molecular weight excluding hydrogens is 324 g/mol. The van der Waals surface area contributed by atoms with Gasteiger partial charge in [-0.05, 0) is 78.1 Å². The van der Waals surface area contributed by atoms with Gasteiger partial charge in [0.05, 0.1) is 5.69 Å². The molecule has 1 aliphatic heterocycles. The van der Waals surface area contributed by atoms with E-state index in [1.807, 2.05) is 0 Å². The molecule has 0 aromatic heterocycles. The molecule has 1 aliphatic carbocycles. The highest BCUT2D eigenvalue weighted by molar-refractivity contribution is 9.10. The van der Waals surface area contributed by atoms with Gasteiger partial charge < -0.3 is 10.6 Å². The molecule has 3 heteroatoms. The summed E-state index contributed by atoms with van der Waals surface area (Å²) in [6.07, 6.45) is 9.00. The van der Waals surface area contributed by atoms with Crippen LogP contribution in [0.4, 0.5) is 5.69 Å². The van der Waals surface area contributed by atoms with Crippen LogP contribution in [0.25, 0.3) is 0 Å². The lowest BCUT2D eigenvalue weighted by atomic mass is 9.91. The second-order valence-corrected chi connectivity index (χ2v) is 7.61. The average molecular weight is 351 g/mol. The molecule has 0 radical (unpaired) electrons. The van der Waals surface area contributed by atoms with Gasteiger partial charge in [-0.2, -0.15) is 0 Å². The quantitative estimate of drug-likeness (QED) is 0.866. The van der Waals surface area contributed by atoms with Gasteiger partial charge in [-0.1, -0.05) is 19.4 Å². The summed E-state index contributed by atoms with van der Waals surface area (Å²) in [7, 11) is 0. The van der Waals surface area contributed by atoms with E-state index in [9.17, 15) is 0 Å². The van der Waals surface area contributed by atoms with Gasteiger partial charge in [-0.25, -0.2) is 0 Å². The van der Waals surface area contributed by atoms with Gasteiger partial charge in [0.1, 0.15) is 0 Å². The van der Waals surface area contributed by atoms with Crippen LogP contribution in [0.15, 0.2) is 22.7 Å². The molecule has 1 saturated carbocycles. The van der Waals surface area contributed by atoms with E-state index in [1.54, 1.807) is 0 Å². The van der Waals surface area contributed by atoms with Crippen LogP contribution in [0.1, 0.15) is 51.0 Å². The fourth-order valence-corrected chi connectivity index (χ4v) is 4.76. The van der Waals surface area contributed by atoms with Crippen LogP contribution in [0.2, 0.25) is 0 Å². The molecule has 1 saturated heterocycles. The number of rotatable bonds is 4. The summed E-state index contributed by atoms with van der Waals surface area (Å²) < 4.78 is 1.25. The first-order valence-corrected chi connectivity index (χ1v) is 9.29. The zero-order chi connectivity index (χ0) is 14.8. The lowest BCUT2D eigenvalue weighted by Crippen LogP contribution is -2.42. The minimum Gasteiger partial charge on any atom is -0.367 e. The standard InChI is InChI=1S/C18H27BrN2/c1-2-15(20)11-13-8-9-18(16(19)12-13)21-10-4-6-14-5-3-7-17(14)21/h8-9,12,14-15,17H,2-7,10-11,20H2,1H3. The molecule has 116 valence electrons. The molecule has 0 spiro atoms. The van der Waals surface area contributed by atoms with E-state index in [-0.39, 0.29) is 6.04 Å². The van der Waals surface area contributed by atoms with Crippen molar-refractivity contribution in [3.05, 3.63) is 28.2 Å². The van der Waals surface area contributed by atoms with Gasteiger partial charge in [0.2, 0.25) is 0 Å². The van der Waals surface area contributed by atoms with Gasteiger partial charge in [0.15, 0.2) is 0 Å². The van der Waals surface area contributed by atoms with E-state index in [0.29, 0.717) is 0 Å². The lowest BCUT2D eigenvalue weighted by molar-refractivity contribution is 0.362. The monoisotopic (exact) mass is 350 g/mol. The first-order chi connectivity index (χ1) is 10.2. The summed E-state index contributed by atoms with van der Waals surface area (Å²) in [6, 6.07) is 7.91. The summed E-state index contributed by atoms with van der Waals surface area (Å²) in [5.41, 5.74) is 8.82. The fourth-order valence-electron chi connectivity index (χ4n) is 4.11. The highest BCUT2D eigenvalue weighted by atomic mass is 79.9. The largest absolute Gasteiger partial charge is 0.367 e. The Kier molecular flexibility index (Phi) is 4.90. The summed E-state index contributed by atoms with van der Waals surface area (Å²) in [5, 5.41) is 0. The number of anilines is 1. The van der Waals surface area contributed by atoms with E-state index in [2.05, 4.69) is 46.0 Å². The van der Waals surface area contributed by atoms with Crippen molar-refractivity contribution in [3.8, 4) is 0 Å². The third-order valence-electron chi connectivity index (χ3n) is 5.34. The Balaban J connectivity index is 1.78. The first kappa shape index (κ1) is 15.4. The first-order valence-electron chi connectivity index (χ1n) is 8.49. The fraction of sp³-hybridized carbons (Fsp3) is 0.667. The molecule has 3 atom stereocenters. The second-order valence-electron chi connectivity index (χ2n) is 6.75. The lowest BCUT2D eigenvalue weighted by Gasteiger charge is -2.40. The summed E-state index contributed by atoms with van der Waals surface area (Å²) in [4.78, 5) is 2.66. The van der Waals surface area contributed by atoms with Gasteiger partial charge >= 0.3 is 0 Å². The maximum atomic E-state index is 6.08. The highest BCUT2D eigenvalue weighted by Crippen LogP contribution is 2.41.